The van der Waals surface area contributed by atoms with Crippen LogP contribution in [0, 0.1) is 6.85 Å². The molecule has 0 fully saturated rings. The highest BCUT2D eigenvalue weighted by atomic mass is 79.9. The molecule has 4 heteroatoms. The number of halogens is 1. The first-order valence-corrected chi connectivity index (χ1v) is 5.04. The maximum atomic E-state index is 12.0. The topological polar surface area (TPSA) is 39.2 Å². The van der Waals surface area contributed by atoms with Crippen LogP contribution in [0.4, 0.5) is 0 Å². The highest BCUT2D eigenvalue weighted by Gasteiger charge is 2.20. The van der Waals surface area contributed by atoms with Gasteiger partial charge in [-0.2, -0.15) is 0 Å². The Labute approximate surface area is 105 Å². The van der Waals surface area contributed by atoms with Gasteiger partial charge in [0.1, 0.15) is 5.60 Å². The number of carbonyl (C=O) groups is 1. The molecule has 0 unspecified atom stereocenters. The number of carbonyl (C=O) groups excluding carboxylic acids is 1. The summed E-state index contributed by atoms with van der Waals surface area (Å²) < 4.78 is 42.6. The first-order chi connectivity index (χ1) is 8.84. The molecule has 0 radical (unpaired) electrons. The number of rotatable bonds is 1. The normalized spacial score (nSPS) is 16.9. The second-order valence-electron chi connectivity index (χ2n) is 3.89. The minimum absolute atomic E-state index is 0.0732. The second-order valence-corrected chi connectivity index (χ2v) is 4.68. The van der Waals surface area contributed by atoms with Crippen LogP contribution in [-0.2, 0) is 4.74 Å². The van der Waals surface area contributed by atoms with Crippen molar-refractivity contribution in [1.82, 2.24) is 4.98 Å². The predicted octanol–water partition coefficient (Wildman–Crippen LogP) is 3.11. The molecule has 0 spiro atoms. The molecule has 15 heavy (non-hydrogen) atoms. The Balaban J connectivity index is 3.50. The van der Waals surface area contributed by atoms with Crippen molar-refractivity contribution in [1.29, 1.82) is 0 Å². The third-order valence-corrected chi connectivity index (χ3v) is 1.71. The lowest BCUT2D eigenvalue weighted by Gasteiger charge is -2.19. The lowest BCUT2D eigenvalue weighted by molar-refractivity contribution is 0.00620. The Bertz CT molecular complexity index is 551. The first-order valence-electron chi connectivity index (χ1n) is 6.75. The number of nitrogens with zero attached hydrogens (tertiary/aromatic N) is 1. The molecule has 0 atom stereocenters. The van der Waals surface area contributed by atoms with E-state index in [1.54, 1.807) is 20.8 Å². The van der Waals surface area contributed by atoms with Crippen molar-refractivity contribution in [3.8, 4) is 0 Å². The third kappa shape index (κ3) is 3.63. The molecule has 3 nitrogen and oxygen atoms in total. The van der Waals surface area contributed by atoms with Gasteiger partial charge in [-0.3, -0.25) is 0 Å². The Morgan fingerprint density at radius 3 is 2.87 bits per heavy atom. The molecule has 0 saturated carbocycles. The van der Waals surface area contributed by atoms with E-state index < -0.39 is 35.7 Å². The molecule has 0 aliphatic carbocycles. The highest BCUT2D eigenvalue weighted by molar-refractivity contribution is 9.10. The van der Waals surface area contributed by atoms with E-state index in [4.69, 9.17) is 11.6 Å². The van der Waals surface area contributed by atoms with Gasteiger partial charge in [-0.25, -0.2) is 9.78 Å². The SMILES string of the molecule is [2H]c1nc(C(=O)OC(C)(C)C)c(C([2H])([2H])[2H])c([2H])c1Br. The van der Waals surface area contributed by atoms with Crippen LogP contribution in [-0.4, -0.2) is 16.6 Å². The van der Waals surface area contributed by atoms with Gasteiger partial charge >= 0.3 is 5.97 Å². The van der Waals surface area contributed by atoms with Crippen LogP contribution in [0.25, 0.3) is 0 Å². The molecule has 1 rings (SSSR count). The van der Waals surface area contributed by atoms with Crippen LogP contribution < -0.4 is 0 Å². The molecule has 0 amide bonds. The van der Waals surface area contributed by atoms with Crippen molar-refractivity contribution >= 4 is 21.9 Å². The number of aromatic nitrogens is 1. The van der Waals surface area contributed by atoms with E-state index >= 15 is 0 Å². The molecule has 82 valence electrons. The zero-order valence-corrected chi connectivity index (χ0v) is 10.2. The van der Waals surface area contributed by atoms with Crippen LogP contribution in [0.2, 0.25) is 0 Å². The van der Waals surface area contributed by atoms with Crippen LogP contribution in [0.3, 0.4) is 0 Å². The molecule has 1 aromatic heterocycles. The Morgan fingerprint density at radius 2 is 2.33 bits per heavy atom. The molecular formula is C11H14BrNO2. The van der Waals surface area contributed by atoms with Crippen molar-refractivity contribution in [3.63, 3.8) is 0 Å². The molecule has 0 N–H and O–H groups in total. The molecule has 0 aliphatic heterocycles. The molecular weight excluding hydrogens is 258 g/mol. The fraction of sp³-hybridized carbons (Fsp3) is 0.455. The summed E-state index contributed by atoms with van der Waals surface area (Å²) in [5, 5.41) is 0. The average Bonchev–Trinajstić information content (AvgIpc) is 2.20. The number of pyridine rings is 1. The van der Waals surface area contributed by atoms with Crippen LogP contribution >= 0.6 is 15.9 Å². The Morgan fingerprint density at radius 1 is 1.67 bits per heavy atom. The van der Waals surface area contributed by atoms with Gasteiger partial charge in [0, 0.05) is 14.8 Å². The summed E-state index contributed by atoms with van der Waals surface area (Å²) in [5.41, 5.74) is -1.87. The minimum Gasteiger partial charge on any atom is -0.455 e. The second kappa shape index (κ2) is 4.31. The summed E-state index contributed by atoms with van der Waals surface area (Å²) in [7, 11) is 0. The van der Waals surface area contributed by atoms with Gasteiger partial charge < -0.3 is 4.74 Å². The van der Waals surface area contributed by atoms with Crippen LogP contribution in [0.5, 0.6) is 0 Å². The molecule has 0 saturated heterocycles. The van der Waals surface area contributed by atoms with Crippen molar-refractivity contribution < 1.29 is 16.4 Å². The van der Waals surface area contributed by atoms with Crippen molar-refractivity contribution in [3.05, 3.63) is 27.9 Å². The van der Waals surface area contributed by atoms with Crippen LogP contribution in [0.1, 0.15) is 43.7 Å². The molecule has 0 bridgehead atoms. The van der Waals surface area contributed by atoms with Gasteiger partial charge in [0.15, 0.2) is 5.69 Å². The summed E-state index contributed by atoms with van der Waals surface area (Å²) in [6.45, 7) is 2.18. The van der Waals surface area contributed by atoms with E-state index in [-0.39, 0.29) is 10.6 Å². The van der Waals surface area contributed by atoms with Gasteiger partial charge in [0.05, 0.1) is 2.74 Å². The number of esters is 1. The van der Waals surface area contributed by atoms with Gasteiger partial charge in [0.2, 0.25) is 0 Å². The summed E-state index contributed by atoms with van der Waals surface area (Å²) in [5.74, 6) is -0.960. The lowest BCUT2D eigenvalue weighted by atomic mass is 10.2. The van der Waals surface area contributed by atoms with E-state index in [9.17, 15) is 4.79 Å². The fourth-order valence-corrected chi connectivity index (χ4v) is 1.12. The molecule has 1 heterocycles. The summed E-state index contributed by atoms with van der Waals surface area (Å²) in [4.78, 5) is 15.7. The van der Waals surface area contributed by atoms with Gasteiger partial charge in [-0.15, -0.1) is 0 Å². The van der Waals surface area contributed by atoms with Crippen molar-refractivity contribution in [2.45, 2.75) is 33.2 Å². The average molecular weight is 277 g/mol. The van der Waals surface area contributed by atoms with Crippen molar-refractivity contribution in [2.75, 3.05) is 0 Å². The number of hydrogen-bond donors (Lipinski definition) is 0. The maximum absolute atomic E-state index is 12.0. The van der Waals surface area contributed by atoms with E-state index in [0.29, 0.717) is 0 Å². The molecule has 1 aromatic rings. The quantitative estimate of drug-likeness (QED) is 0.740. The minimum atomic E-state index is -2.70. The lowest BCUT2D eigenvalue weighted by Crippen LogP contribution is -2.25. The zero-order chi connectivity index (χ0) is 15.9. The van der Waals surface area contributed by atoms with Gasteiger partial charge in [-0.1, -0.05) is 0 Å². The highest BCUT2D eigenvalue weighted by Crippen LogP contribution is 2.16. The summed E-state index contributed by atoms with van der Waals surface area (Å²) >= 11 is 2.93. The summed E-state index contributed by atoms with van der Waals surface area (Å²) in [6.07, 6.45) is -0.385. The monoisotopic (exact) mass is 276 g/mol. The molecule has 0 aromatic carbocycles. The Hall–Kier alpha value is -0.900. The van der Waals surface area contributed by atoms with E-state index in [1.165, 1.54) is 0 Å². The fourth-order valence-electron chi connectivity index (χ4n) is 0.832. The maximum Gasteiger partial charge on any atom is 0.357 e. The number of ether oxygens (including phenoxy) is 1. The van der Waals surface area contributed by atoms with E-state index in [0.717, 1.165) is 0 Å². The summed E-state index contributed by atoms with van der Waals surface area (Å²) in [6, 6.07) is -0.453. The van der Waals surface area contributed by atoms with Gasteiger partial charge in [0.25, 0.3) is 0 Å². The standard InChI is InChI=1S/C11H14BrNO2/c1-7-5-8(12)6-13-9(7)10(14)15-11(2,3)4/h5-6H,1-4H3/i1D3,5D,6D. The van der Waals surface area contributed by atoms with Gasteiger partial charge in [-0.05, 0) is 55.2 Å². The van der Waals surface area contributed by atoms with Crippen LogP contribution in [0.15, 0.2) is 16.7 Å². The predicted molar refractivity (Wildman–Crippen MR) is 61.8 cm³/mol. The smallest absolute Gasteiger partial charge is 0.357 e. The van der Waals surface area contributed by atoms with Crippen molar-refractivity contribution in [2.24, 2.45) is 0 Å². The van der Waals surface area contributed by atoms with E-state index in [2.05, 4.69) is 20.9 Å². The number of hydrogen-bond acceptors (Lipinski definition) is 3. The third-order valence-electron chi connectivity index (χ3n) is 1.33. The first kappa shape index (κ1) is 6.63. The largest absolute Gasteiger partial charge is 0.455 e. The van der Waals surface area contributed by atoms with E-state index in [1.807, 2.05) is 0 Å². The zero-order valence-electron chi connectivity index (χ0n) is 13.6. The molecule has 0 aliphatic rings. The Kier molecular flexibility index (Phi) is 1.90.